The van der Waals surface area contributed by atoms with Gasteiger partial charge in [-0.05, 0) is 13.8 Å². The molecule has 0 aromatic carbocycles. The van der Waals surface area contributed by atoms with Gasteiger partial charge in [-0.25, -0.2) is 0 Å². The van der Waals surface area contributed by atoms with Crippen LogP contribution in [0.15, 0.2) is 0 Å². The van der Waals surface area contributed by atoms with Gasteiger partial charge in [-0.15, -0.1) is 11.6 Å². The zero-order valence-electron chi connectivity index (χ0n) is 10.0. The maximum Gasteiger partial charge on any atom is 0.152 e. The highest BCUT2D eigenvalue weighted by Gasteiger charge is 2.44. The van der Waals surface area contributed by atoms with Gasteiger partial charge in [0.2, 0.25) is 0 Å². The Kier molecular flexibility index (Phi) is 6.29. The molecular weight excluding hydrogens is 216 g/mol. The summed E-state index contributed by atoms with van der Waals surface area (Å²) in [6, 6.07) is 0. The van der Waals surface area contributed by atoms with Crippen LogP contribution in [0, 0.1) is 0 Å². The van der Waals surface area contributed by atoms with E-state index in [2.05, 4.69) is 19.6 Å². The maximum atomic E-state index is 5.83. The molecule has 0 aromatic heterocycles. The topological polar surface area (TPSA) is 18.5 Å². The van der Waals surface area contributed by atoms with Crippen LogP contribution in [-0.2, 0) is 9.47 Å². The lowest BCUT2D eigenvalue weighted by molar-refractivity contribution is -0.181. The van der Waals surface area contributed by atoms with Crippen LogP contribution in [0.1, 0.15) is 20.3 Å². The zero-order chi connectivity index (χ0) is 11.2. The molecule has 0 atom stereocenters. The second kappa shape index (κ2) is 6.11. The van der Waals surface area contributed by atoms with E-state index >= 15 is 0 Å². The molecule has 2 nitrogen and oxygen atoms in total. The van der Waals surface area contributed by atoms with E-state index in [0.717, 1.165) is 6.42 Å². The molecule has 86 valence electrons. The van der Waals surface area contributed by atoms with Crippen LogP contribution in [0.3, 0.4) is 0 Å². The Morgan fingerprint density at radius 2 is 1.50 bits per heavy atom. The summed E-state index contributed by atoms with van der Waals surface area (Å²) in [6.07, 6.45) is 0.784. The average Bonchev–Trinajstić information content (AvgIpc) is 2.03. The lowest BCUT2D eigenvalue weighted by atomic mass is 10.4. The van der Waals surface area contributed by atoms with Crippen molar-refractivity contribution in [3.8, 4) is 0 Å². The van der Waals surface area contributed by atoms with Crippen LogP contribution >= 0.6 is 11.6 Å². The molecule has 0 aliphatic carbocycles. The van der Waals surface area contributed by atoms with Crippen molar-refractivity contribution in [3.63, 3.8) is 0 Å². The van der Waals surface area contributed by atoms with Gasteiger partial charge in [0.25, 0.3) is 0 Å². The van der Waals surface area contributed by atoms with Gasteiger partial charge in [0, 0.05) is 25.5 Å². The highest BCUT2D eigenvalue weighted by atomic mass is 35.5. The van der Waals surface area contributed by atoms with Crippen molar-refractivity contribution in [2.45, 2.75) is 45.3 Å². The largest absolute Gasteiger partial charge is 0.354 e. The molecule has 4 heteroatoms. The molecule has 14 heavy (non-hydrogen) atoms. The molecular formula is C10H23ClO2Si. The molecule has 0 heterocycles. The molecule has 0 aliphatic heterocycles. The average molecular weight is 239 g/mol. The van der Waals surface area contributed by atoms with Crippen molar-refractivity contribution in [1.29, 1.82) is 0 Å². The molecule has 0 amide bonds. The minimum absolute atomic E-state index is 0.405. The minimum atomic E-state index is -1.53. The van der Waals surface area contributed by atoms with Crippen LogP contribution in [0.2, 0.25) is 19.6 Å². The fourth-order valence-electron chi connectivity index (χ4n) is 1.58. The van der Waals surface area contributed by atoms with Gasteiger partial charge in [0.05, 0.1) is 0 Å². The molecule has 0 rings (SSSR count). The van der Waals surface area contributed by atoms with Gasteiger partial charge in [0.1, 0.15) is 8.07 Å². The zero-order valence-corrected chi connectivity index (χ0v) is 11.8. The standard InChI is InChI=1S/C10H23ClO2Si/c1-6-12-10(8-9-11,13-7-2)14(3,4)5/h6-9H2,1-5H3. The normalized spacial score (nSPS) is 13.3. The van der Waals surface area contributed by atoms with Gasteiger partial charge in [-0.3, -0.25) is 0 Å². The number of alkyl halides is 1. The van der Waals surface area contributed by atoms with Gasteiger partial charge in [0.15, 0.2) is 5.41 Å². The van der Waals surface area contributed by atoms with Gasteiger partial charge in [-0.1, -0.05) is 19.6 Å². The molecule has 0 unspecified atom stereocenters. The summed E-state index contributed by atoms with van der Waals surface area (Å²) >= 11 is 5.83. The molecule has 0 spiro atoms. The van der Waals surface area contributed by atoms with Crippen molar-refractivity contribution in [1.82, 2.24) is 0 Å². The molecule has 0 radical (unpaired) electrons. The number of ether oxygens (including phenoxy) is 2. The smallest absolute Gasteiger partial charge is 0.152 e. The quantitative estimate of drug-likeness (QED) is 0.385. The molecule has 0 bridgehead atoms. The summed E-state index contributed by atoms with van der Waals surface area (Å²) in [5.41, 5.74) is -0.405. The van der Waals surface area contributed by atoms with E-state index in [4.69, 9.17) is 21.1 Å². The third-order valence-corrected chi connectivity index (χ3v) is 5.33. The Morgan fingerprint density at radius 3 is 1.71 bits per heavy atom. The fraction of sp³-hybridized carbons (Fsp3) is 1.00. The van der Waals surface area contributed by atoms with Crippen molar-refractivity contribution in [2.24, 2.45) is 0 Å². The van der Waals surface area contributed by atoms with E-state index in [9.17, 15) is 0 Å². The van der Waals surface area contributed by atoms with E-state index < -0.39 is 13.5 Å². The van der Waals surface area contributed by atoms with E-state index in [1.165, 1.54) is 0 Å². The molecule has 0 aromatic rings. The van der Waals surface area contributed by atoms with E-state index in [-0.39, 0.29) is 0 Å². The lowest BCUT2D eigenvalue weighted by Crippen LogP contribution is -2.56. The predicted molar refractivity (Wildman–Crippen MR) is 64.7 cm³/mol. The minimum Gasteiger partial charge on any atom is -0.354 e. The first-order valence-corrected chi connectivity index (χ1v) is 9.31. The molecule has 0 aliphatic rings. The fourth-order valence-corrected chi connectivity index (χ4v) is 4.02. The predicted octanol–water partition coefficient (Wildman–Crippen LogP) is 3.26. The van der Waals surface area contributed by atoms with Crippen LogP contribution < -0.4 is 0 Å². The second-order valence-electron chi connectivity index (χ2n) is 4.31. The third kappa shape index (κ3) is 3.53. The van der Waals surface area contributed by atoms with Crippen molar-refractivity contribution in [2.75, 3.05) is 19.1 Å². The Bertz CT molecular complexity index is 140. The first-order valence-electron chi connectivity index (χ1n) is 5.27. The first kappa shape index (κ1) is 14.4. The summed E-state index contributed by atoms with van der Waals surface area (Å²) < 4.78 is 11.7. The molecule has 0 saturated carbocycles. The first-order chi connectivity index (χ1) is 6.43. The van der Waals surface area contributed by atoms with Crippen LogP contribution in [-0.4, -0.2) is 32.6 Å². The lowest BCUT2D eigenvalue weighted by Gasteiger charge is -2.42. The second-order valence-corrected chi connectivity index (χ2v) is 9.95. The summed E-state index contributed by atoms with van der Waals surface area (Å²) in [5, 5.41) is 0. The number of rotatable bonds is 7. The summed E-state index contributed by atoms with van der Waals surface area (Å²) in [6.45, 7) is 12.1. The van der Waals surface area contributed by atoms with Crippen LogP contribution in [0.5, 0.6) is 0 Å². The van der Waals surface area contributed by atoms with Crippen LogP contribution in [0.25, 0.3) is 0 Å². The van der Waals surface area contributed by atoms with E-state index in [0.29, 0.717) is 19.1 Å². The van der Waals surface area contributed by atoms with E-state index in [1.807, 2.05) is 13.8 Å². The summed E-state index contributed by atoms with van der Waals surface area (Å²) in [7, 11) is -1.53. The third-order valence-electron chi connectivity index (χ3n) is 2.32. The maximum absolute atomic E-state index is 5.83. The Hall–Kier alpha value is 0.427. The van der Waals surface area contributed by atoms with E-state index in [1.54, 1.807) is 0 Å². The summed E-state index contributed by atoms with van der Waals surface area (Å²) in [5.74, 6) is 0.588. The van der Waals surface area contributed by atoms with Crippen molar-refractivity contribution >= 4 is 19.7 Å². The number of hydrogen-bond acceptors (Lipinski definition) is 2. The number of hydrogen-bond donors (Lipinski definition) is 0. The van der Waals surface area contributed by atoms with Gasteiger partial charge >= 0.3 is 0 Å². The molecule has 0 saturated heterocycles. The molecule has 0 N–H and O–H groups in total. The van der Waals surface area contributed by atoms with Crippen molar-refractivity contribution < 1.29 is 9.47 Å². The van der Waals surface area contributed by atoms with Crippen LogP contribution in [0.4, 0.5) is 0 Å². The highest BCUT2D eigenvalue weighted by Crippen LogP contribution is 2.30. The van der Waals surface area contributed by atoms with Gasteiger partial charge < -0.3 is 9.47 Å². The monoisotopic (exact) mass is 238 g/mol. The Balaban J connectivity index is 4.73. The molecule has 0 fully saturated rings. The Morgan fingerprint density at radius 1 is 1.07 bits per heavy atom. The number of halogens is 1. The SMILES string of the molecule is CCOC(CCCl)(OCC)[Si](C)(C)C. The summed E-state index contributed by atoms with van der Waals surface area (Å²) in [4.78, 5) is 0. The highest BCUT2D eigenvalue weighted by molar-refractivity contribution is 6.78. The van der Waals surface area contributed by atoms with Gasteiger partial charge in [-0.2, -0.15) is 0 Å². The van der Waals surface area contributed by atoms with Crippen molar-refractivity contribution in [3.05, 3.63) is 0 Å². The Labute approximate surface area is 93.9 Å².